The molecule has 29 heavy (non-hydrogen) atoms. The molecule has 0 aliphatic heterocycles. The van der Waals surface area contributed by atoms with Crippen LogP contribution >= 0.6 is 0 Å². The van der Waals surface area contributed by atoms with E-state index < -0.39 is 5.79 Å². The minimum Gasteiger partial charge on any atom is -0.353 e. The van der Waals surface area contributed by atoms with Crippen LogP contribution in [0.2, 0.25) is 0 Å². The quantitative estimate of drug-likeness (QED) is 0.229. The molecule has 8 heteroatoms. The summed E-state index contributed by atoms with van der Waals surface area (Å²) in [4.78, 5) is 0. The summed E-state index contributed by atoms with van der Waals surface area (Å²) in [5, 5.41) is 0. The van der Waals surface area contributed by atoms with Crippen LogP contribution in [-0.2, 0) is 18.9 Å². The zero-order valence-corrected chi connectivity index (χ0v) is 19.5. The van der Waals surface area contributed by atoms with Crippen LogP contribution in [0.4, 0.5) is 0 Å². The molecule has 0 aromatic heterocycles. The number of quaternary nitrogens is 1. The predicted octanol–water partition coefficient (Wildman–Crippen LogP) is 1.11. The van der Waals surface area contributed by atoms with Gasteiger partial charge in [-0.1, -0.05) is 20.8 Å². The fourth-order valence-electron chi connectivity index (χ4n) is 2.45. The lowest BCUT2D eigenvalue weighted by Crippen LogP contribution is -2.63. The molecule has 0 bridgehead atoms. The number of rotatable bonds is 19. The maximum atomic E-state index is 6.20. The second-order valence-corrected chi connectivity index (χ2v) is 8.25. The van der Waals surface area contributed by atoms with Gasteiger partial charge in [0.15, 0.2) is 12.1 Å². The molecule has 0 aromatic rings. The van der Waals surface area contributed by atoms with Gasteiger partial charge in [0.25, 0.3) is 0 Å². The molecule has 0 amide bonds. The van der Waals surface area contributed by atoms with E-state index in [1.165, 1.54) is 0 Å². The highest BCUT2D eigenvalue weighted by molar-refractivity contribution is 4.70. The minimum absolute atomic E-state index is 0.0117. The van der Waals surface area contributed by atoms with Gasteiger partial charge in [-0.15, -0.1) is 0 Å². The summed E-state index contributed by atoms with van der Waals surface area (Å²) >= 11 is 0. The molecule has 0 aliphatic rings. The van der Waals surface area contributed by atoms with Crippen LogP contribution in [0.25, 0.3) is 0 Å². The fraction of sp³-hybridized carbons (Fsp3) is 1.00. The summed E-state index contributed by atoms with van der Waals surface area (Å²) < 4.78 is 23.4. The van der Waals surface area contributed by atoms with Crippen LogP contribution in [0.3, 0.4) is 0 Å². The topological polar surface area (TPSA) is 143 Å². The Morgan fingerprint density at radius 2 is 1.31 bits per heavy atom. The summed E-state index contributed by atoms with van der Waals surface area (Å²) in [5.74, 6) is -0.675. The Bertz CT molecular complexity index is 376. The molecule has 0 heterocycles. The molecule has 0 fully saturated rings. The largest absolute Gasteiger partial charge is 0.353 e. The normalized spacial score (nSPS) is 19.3. The van der Waals surface area contributed by atoms with Gasteiger partial charge in [-0.2, -0.15) is 0 Å². The minimum atomic E-state index is -0.675. The highest BCUT2D eigenvalue weighted by Crippen LogP contribution is 2.22. The van der Waals surface area contributed by atoms with Crippen molar-refractivity contribution in [2.75, 3.05) is 26.4 Å². The van der Waals surface area contributed by atoms with Crippen molar-refractivity contribution < 1.29 is 24.7 Å². The molecule has 0 radical (unpaired) electrons. The van der Waals surface area contributed by atoms with E-state index in [0.717, 1.165) is 38.5 Å². The summed E-state index contributed by atoms with van der Waals surface area (Å²) in [6.45, 7) is 12.0. The summed E-state index contributed by atoms with van der Waals surface area (Å²) in [5.41, 5.74) is 22.2. The van der Waals surface area contributed by atoms with E-state index >= 15 is 0 Å². The molecule has 0 rings (SSSR count). The standard InChI is InChI=1S/C21H48N4O4/c1-6-17(22)12-26-16(4)27-13-20(25)10-9-11-21(5,28-14-18(23)7-2)29-15-19(24)8-3/h16-20H,6-15,22-25H2,1-5H3/p+1. The monoisotopic (exact) mass is 421 g/mol. The second kappa shape index (κ2) is 16.4. The fourth-order valence-corrected chi connectivity index (χ4v) is 2.45. The number of hydrogen-bond donors (Lipinski definition) is 4. The van der Waals surface area contributed by atoms with Crippen molar-refractivity contribution in [1.82, 2.24) is 0 Å². The van der Waals surface area contributed by atoms with Crippen molar-refractivity contribution in [3.05, 3.63) is 0 Å². The molecule has 176 valence electrons. The Hall–Kier alpha value is -0.320. The van der Waals surface area contributed by atoms with Gasteiger partial charge in [0, 0.05) is 24.5 Å². The highest BCUT2D eigenvalue weighted by atomic mass is 16.7. The van der Waals surface area contributed by atoms with Crippen LogP contribution in [-0.4, -0.2) is 62.7 Å². The molecule has 0 saturated heterocycles. The predicted molar refractivity (Wildman–Crippen MR) is 117 cm³/mol. The van der Waals surface area contributed by atoms with Crippen LogP contribution < -0.4 is 22.9 Å². The smallest absolute Gasteiger partial charge is 0.165 e. The van der Waals surface area contributed by atoms with Crippen LogP contribution in [0, 0.1) is 0 Å². The van der Waals surface area contributed by atoms with Gasteiger partial charge in [-0.3, -0.25) is 0 Å². The third-order valence-corrected chi connectivity index (χ3v) is 5.15. The Balaban J connectivity index is 4.30. The van der Waals surface area contributed by atoms with Crippen molar-refractivity contribution in [3.8, 4) is 0 Å². The Morgan fingerprint density at radius 1 is 0.793 bits per heavy atom. The van der Waals surface area contributed by atoms with Crippen molar-refractivity contribution in [2.45, 2.75) is 109 Å². The van der Waals surface area contributed by atoms with E-state index in [9.17, 15) is 0 Å². The van der Waals surface area contributed by atoms with Gasteiger partial charge < -0.3 is 41.9 Å². The van der Waals surface area contributed by atoms with Gasteiger partial charge in [0.05, 0.1) is 19.8 Å². The first-order chi connectivity index (χ1) is 13.7. The number of ether oxygens (including phenoxy) is 4. The highest BCUT2D eigenvalue weighted by Gasteiger charge is 2.28. The molecule has 0 aliphatic carbocycles. The molecule has 9 N–H and O–H groups in total. The van der Waals surface area contributed by atoms with Gasteiger partial charge in [0.2, 0.25) is 0 Å². The van der Waals surface area contributed by atoms with Gasteiger partial charge in [-0.05, 0) is 46.0 Å². The van der Waals surface area contributed by atoms with Crippen LogP contribution in [0.1, 0.15) is 73.1 Å². The molecule has 6 atom stereocenters. The second-order valence-electron chi connectivity index (χ2n) is 8.25. The van der Waals surface area contributed by atoms with E-state index in [2.05, 4.69) is 19.6 Å². The van der Waals surface area contributed by atoms with Gasteiger partial charge >= 0.3 is 0 Å². The lowest BCUT2D eigenvalue weighted by Gasteiger charge is -2.32. The number of nitrogens with two attached hydrogens (primary N) is 3. The van der Waals surface area contributed by atoms with Gasteiger partial charge in [0.1, 0.15) is 12.6 Å². The Kier molecular flexibility index (Phi) is 16.2. The van der Waals surface area contributed by atoms with E-state index in [0.29, 0.717) is 26.4 Å². The molecule has 8 nitrogen and oxygen atoms in total. The van der Waals surface area contributed by atoms with Crippen molar-refractivity contribution >= 4 is 0 Å². The molecular weight excluding hydrogens is 372 g/mol. The maximum absolute atomic E-state index is 6.20. The Labute approximate surface area is 178 Å². The third-order valence-electron chi connectivity index (χ3n) is 5.15. The Morgan fingerprint density at radius 3 is 1.86 bits per heavy atom. The van der Waals surface area contributed by atoms with Gasteiger partial charge in [-0.25, -0.2) is 0 Å². The molecule has 0 spiro atoms. The summed E-state index contributed by atoms with van der Waals surface area (Å²) in [6, 6.07) is 0.228. The number of hydrogen-bond acceptors (Lipinski definition) is 7. The average Bonchev–Trinajstić information content (AvgIpc) is 2.72. The molecular formula is C21H49N4O4+. The van der Waals surface area contributed by atoms with Crippen molar-refractivity contribution in [1.29, 1.82) is 0 Å². The van der Waals surface area contributed by atoms with E-state index in [4.69, 9.17) is 36.1 Å². The first kappa shape index (κ1) is 28.7. The third kappa shape index (κ3) is 15.2. The van der Waals surface area contributed by atoms with Crippen molar-refractivity contribution in [3.63, 3.8) is 0 Å². The van der Waals surface area contributed by atoms with E-state index in [1.807, 2.05) is 20.8 Å². The zero-order chi connectivity index (χ0) is 22.3. The van der Waals surface area contributed by atoms with E-state index in [-0.39, 0.29) is 30.5 Å². The maximum Gasteiger partial charge on any atom is 0.165 e. The zero-order valence-electron chi connectivity index (χ0n) is 19.5. The SMILES string of the molecule is CCC(N)COC(C)OCC(N)CCCC(C)(OCC(N)CC)OCC([NH3+])CC. The lowest BCUT2D eigenvalue weighted by atomic mass is 10.1. The van der Waals surface area contributed by atoms with Crippen LogP contribution in [0.5, 0.6) is 0 Å². The summed E-state index contributed by atoms with van der Waals surface area (Å²) in [6.07, 6.45) is 4.83. The molecule has 6 unspecified atom stereocenters. The molecule has 0 aromatic carbocycles. The molecule has 0 saturated carbocycles. The van der Waals surface area contributed by atoms with E-state index in [1.54, 1.807) is 0 Å². The van der Waals surface area contributed by atoms with Crippen LogP contribution in [0.15, 0.2) is 0 Å². The average molecular weight is 422 g/mol. The van der Waals surface area contributed by atoms with Crippen molar-refractivity contribution in [2.24, 2.45) is 17.2 Å². The lowest BCUT2D eigenvalue weighted by molar-refractivity contribution is -0.435. The first-order valence-electron chi connectivity index (χ1n) is 11.3. The summed E-state index contributed by atoms with van der Waals surface area (Å²) in [7, 11) is 0. The first-order valence-corrected chi connectivity index (χ1v) is 11.3.